The number of halogens is 1. The first kappa shape index (κ1) is 18.6. The van der Waals surface area contributed by atoms with Crippen molar-refractivity contribution >= 4 is 23.4 Å². The number of amides is 2. The molecule has 1 aromatic carbocycles. The van der Waals surface area contributed by atoms with Crippen LogP contribution in [0.4, 0.5) is 4.39 Å². The Morgan fingerprint density at radius 3 is 2.76 bits per heavy atom. The van der Waals surface area contributed by atoms with Gasteiger partial charge >= 0.3 is 5.97 Å². The average molecular weight is 348 g/mol. The molecule has 2 atom stereocenters. The van der Waals surface area contributed by atoms with Gasteiger partial charge in [0.15, 0.2) is 0 Å². The molecule has 2 unspecified atom stereocenters. The highest BCUT2D eigenvalue weighted by atomic mass is 19.1. The molecule has 2 rings (SSSR count). The lowest BCUT2D eigenvalue weighted by Gasteiger charge is -2.12. The number of carbonyl (C=O) groups excluding carboxylic acids is 3. The highest BCUT2D eigenvalue weighted by molar-refractivity contribution is 6.15. The summed E-state index contributed by atoms with van der Waals surface area (Å²) in [7, 11) is 0. The van der Waals surface area contributed by atoms with Gasteiger partial charge in [0.1, 0.15) is 5.82 Å². The second-order valence-corrected chi connectivity index (χ2v) is 5.87. The first-order chi connectivity index (χ1) is 11.8. The van der Waals surface area contributed by atoms with Crippen LogP contribution in [0.15, 0.2) is 24.8 Å². The first-order valence-electron chi connectivity index (χ1n) is 8.04. The molecule has 1 saturated heterocycles. The summed E-state index contributed by atoms with van der Waals surface area (Å²) in [6.45, 7) is 7.13. The Balaban J connectivity index is 2.12. The van der Waals surface area contributed by atoms with Gasteiger partial charge < -0.3 is 15.4 Å². The number of nitrogens with one attached hydrogen (secondary N) is 2. The molecular weight excluding hydrogens is 327 g/mol. The van der Waals surface area contributed by atoms with Gasteiger partial charge in [-0.15, -0.1) is 0 Å². The third-order valence-corrected chi connectivity index (χ3v) is 4.02. The van der Waals surface area contributed by atoms with E-state index in [1.165, 1.54) is 19.1 Å². The highest BCUT2D eigenvalue weighted by Gasteiger charge is 2.33. The molecule has 1 heterocycles. The summed E-state index contributed by atoms with van der Waals surface area (Å²) in [5.41, 5.74) is 0.501. The number of esters is 1. The normalized spacial score (nSPS) is 19.2. The van der Waals surface area contributed by atoms with Gasteiger partial charge in [0.2, 0.25) is 11.8 Å². The molecule has 134 valence electrons. The molecule has 0 radical (unpaired) electrons. The Bertz CT molecular complexity index is 717. The van der Waals surface area contributed by atoms with Crippen LogP contribution >= 0.6 is 0 Å². The number of carbonyl (C=O) groups is 3. The van der Waals surface area contributed by atoms with Gasteiger partial charge in [-0.05, 0) is 25.0 Å². The third-order valence-electron chi connectivity index (χ3n) is 4.02. The lowest BCUT2D eigenvalue weighted by Crippen LogP contribution is -2.37. The van der Waals surface area contributed by atoms with Gasteiger partial charge in [-0.1, -0.05) is 18.7 Å². The molecule has 2 N–H and O–H groups in total. The third kappa shape index (κ3) is 4.43. The molecule has 0 aliphatic carbocycles. The molecule has 0 aromatic heterocycles. The van der Waals surface area contributed by atoms with E-state index in [2.05, 4.69) is 17.2 Å². The summed E-state index contributed by atoms with van der Waals surface area (Å²) in [5, 5.41) is 5.43. The number of benzene rings is 1. The molecule has 6 nitrogen and oxygen atoms in total. The predicted octanol–water partition coefficient (Wildman–Crippen LogP) is 1.51. The summed E-state index contributed by atoms with van der Waals surface area (Å²) >= 11 is 0. The van der Waals surface area contributed by atoms with E-state index >= 15 is 0 Å². The summed E-state index contributed by atoms with van der Waals surface area (Å²) in [4.78, 5) is 34.7. The zero-order valence-corrected chi connectivity index (χ0v) is 14.2. The van der Waals surface area contributed by atoms with Gasteiger partial charge in [-0.25, -0.2) is 9.18 Å². The number of ether oxygens (including phenoxy) is 1. The van der Waals surface area contributed by atoms with Crippen LogP contribution in [0.1, 0.15) is 37.3 Å². The molecular formula is C18H21FN2O4. The van der Waals surface area contributed by atoms with Gasteiger partial charge in [-0.3, -0.25) is 9.59 Å². The van der Waals surface area contributed by atoms with Gasteiger partial charge in [0.05, 0.1) is 18.1 Å². The highest BCUT2D eigenvalue weighted by Crippen LogP contribution is 2.29. The molecule has 1 aliphatic heterocycles. The summed E-state index contributed by atoms with van der Waals surface area (Å²) in [6.07, 6.45) is 0.455. The van der Waals surface area contributed by atoms with Crippen LogP contribution in [0, 0.1) is 5.82 Å². The maximum Gasteiger partial charge on any atom is 0.338 e. The molecule has 0 saturated carbocycles. The topological polar surface area (TPSA) is 84.5 Å². The Labute approximate surface area is 145 Å². The number of rotatable bonds is 6. The van der Waals surface area contributed by atoms with Crippen LogP contribution < -0.4 is 10.6 Å². The van der Waals surface area contributed by atoms with Gasteiger partial charge in [0, 0.05) is 25.1 Å². The van der Waals surface area contributed by atoms with E-state index in [9.17, 15) is 18.8 Å². The molecule has 1 aliphatic rings. The quantitative estimate of drug-likeness (QED) is 0.603. The van der Waals surface area contributed by atoms with Gasteiger partial charge in [0.25, 0.3) is 0 Å². The Morgan fingerprint density at radius 2 is 2.16 bits per heavy atom. The van der Waals surface area contributed by atoms with Crippen molar-refractivity contribution in [1.82, 2.24) is 10.6 Å². The van der Waals surface area contributed by atoms with Crippen molar-refractivity contribution in [1.29, 1.82) is 0 Å². The van der Waals surface area contributed by atoms with Crippen molar-refractivity contribution in [2.24, 2.45) is 0 Å². The standard InChI is InChI=1S/C18H21FN2O4/c1-4-25-18(24)10(2)14-6-5-12(7-16(14)19)15-8-13(21-17(15)23)9-20-11(3)22/h5-7,13,15H,2,4,8-9H2,1,3H3,(H,20,22)(H,21,23). The lowest BCUT2D eigenvalue weighted by atomic mass is 9.93. The van der Waals surface area contributed by atoms with E-state index in [4.69, 9.17) is 4.74 Å². The van der Waals surface area contributed by atoms with Crippen LogP contribution in [-0.2, 0) is 19.1 Å². The summed E-state index contributed by atoms with van der Waals surface area (Å²) in [5.74, 6) is -2.20. The first-order valence-corrected chi connectivity index (χ1v) is 8.04. The molecule has 0 bridgehead atoms. The van der Waals surface area contributed by atoms with Crippen LogP contribution in [-0.4, -0.2) is 37.0 Å². The van der Waals surface area contributed by atoms with Crippen molar-refractivity contribution in [2.75, 3.05) is 13.2 Å². The van der Waals surface area contributed by atoms with Crippen molar-refractivity contribution in [3.8, 4) is 0 Å². The summed E-state index contributed by atoms with van der Waals surface area (Å²) < 4.78 is 19.2. The van der Waals surface area contributed by atoms with E-state index in [0.29, 0.717) is 18.5 Å². The minimum Gasteiger partial charge on any atom is -0.462 e. The van der Waals surface area contributed by atoms with Crippen LogP contribution in [0.2, 0.25) is 0 Å². The maximum atomic E-state index is 14.4. The second kappa shape index (κ2) is 7.92. The maximum absolute atomic E-state index is 14.4. The molecule has 1 fully saturated rings. The zero-order valence-electron chi connectivity index (χ0n) is 14.2. The lowest BCUT2D eigenvalue weighted by molar-refractivity contribution is -0.136. The predicted molar refractivity (Wildman–Crippen MR) is 90.0 cm³/mol. The molecule has 0 spiro atoms. The van der Waals surface area contributed by atoms with E-state index < -0.39 is 17.7 Å². The average Bonchev–Trinajstić information content (AvgIpc) is 2.93. The fourth-order valence-corrected chi connectivity index (χ4v) is 2.76. The number of hydrogen-bond donors (Lipinski definition) is 2. The van der Waals surface area contributed by atoms with Gasteiger partial charge in [-0.2, -0.15) is 0 Å². The molecule has 2 amide bonds. The Kier molecular flexibility index (Phi) is 5.90. The smallest absolute Gasteiger partial charge is 0.338 e. The van der Waals surface area contributed by atoms with Crippen molar-refractivity contribution in [3.05, 3.63) is 41.7 Å². The van der Waals surface area contributed by atoms with E-state index in [1.54, 1.807) is 13.0 Å². The molecule has 7 heteroatoms. The van der Waals surface area contributed by atoms with Crippen molar-refractivity contribution in [2.45, 2.75) is 32.2 Å². The van der Waals surface area contributed by atoms with Crippen LogP contribution in [0.25, 0.3) is 5.57 Å². The fourth-order valence-electron chi connectivity index (χ4n) is 2.76. The monoisotopic (exact) mass is 348 g/mol. The largest absolute Gasteiger partial charge is 0.462 e. The zero-order chi connectivity index (χ0) is 18.6. The van der Waals surface area contributed by atoms with E-state index in [1.807, 2.05) is 0 Å². The van der Waals surface area contributed by atoms with Crippen LogP contribution in [0.3, 0.4) is 0 Å². The van der Waals surface area contributed by atoms with Crippen molar-refractivity contribution in [3.63, 3.8) is 0 Å². The minimum atomic E-state index is -0.678. The minimum absolute atomic E-state index is 0.0513. The van der Waals surface area contributed by atoms with Crippen LogP contribution in [0.5, 0.6) is 0 Å². The van der Waals surface area contributed by atoms with E-state index in [0.717, 1.165) is 0 Å². The number of hydrogen-bond acceptors (Lipinski definition) is 4. The van der Waals surface area contributed by atoms with Crippen molar-refractivity contribution < 1.29 is 23.5 Å². The molecule has 25 heavy (non-hydrogen) atoms. The van der Waals surface area contributed by atoms with E-state index in [-0.39, 0.29) is 35.6 Å². The second-order valence-electron chi connectivity index (χ2n) is 5.87. The SMILES string of the molecule is C=C(C(=O)OCC)c1ccc(C2CC(CNC(C)=O)NC2=O)cc1F. The summed E-state index contributed by atoms with van der Waals surface area (Å²) in [6, 6.07) is 4.08. The Morgan fingerprint density at radius 1 is 1.44 bits per heavy atom. The Hall–Kier alpha value is -2.70. The fraction of sp³-hybridized carbons (Fsp3) is 0.389. The molecule has 1 aromatic rings.